The van der Waals surface area contributed by atoms with E-state index in [1.165, 1.54) is 19.2 Å². The highest BCUT2D eigenvalue weighted by atomic mass is 79.9. The lowest BCUT2D eigenvalue weighted by atomic mass is 10.2. The summed E-state index contributed by atoms with van der Waals surface area (Å²) in [7, 11) is 1.40. The van der Waals surface area contributed by atoms with Gasteiger partial charge in [0.25, 0.3) is 11.8 Å². The molecule has 9 heteroatoms. The second kappa shape index (κ2) is 10.0. The van der Waals surface area contributed by atoms with Gasteiger partial charge in [-0.15, -0.1) is 0 Å². The number of hydrogen-bond donors (Lipinski definition) is 2. The van der Waals surface area contributed by atoms with E-state index in [4.69, 9.17) is 31.5 Å². The van der Waals surface area contributed by atoms with E-state index in [0.29, 0.717) is 18.9 Å². The molecule has 0 spiro atoms. The molecule has 2 aromatic carbocycles. The summed E-state index contributed by atoms with van der Waals surface area (Å²) in [6.45, 7) is 0.243. The van der Waals surface area contributed by atoms with Crippen LogP contribution in [0, 0.1) is 0 Å². The fourth-order valence-electron chi connectivity index (χ4n) is 2.13. The van der Waals surface area contributed by atoms with Gasteiger partial charge in [0.1, 0.15) is 12.4 Å². The lowest BCUT2D eigenvalue weighted by molar-refractivity contribution is -0.119. The van der Waals surface area contributed by atoms with Gasteiger partial charge in [0.15, 0.2) is 18.1 Å². The highest BCUT2D eigenvalue weighted by Crippen LogP contribution is 2.36. The Morgan fingerprint density at radius 1 is 1.22 bits per heavy atom. The number of primary amides is 1. The van der Waals surface area contributed by atoms with Crippen molar-refractivity contribution in [2.45, 2.75) is 0 Å². The summed E-state index contributed by atoms with van der Waals surface area (Å²) in [4.78, 5) is 23.2. The fraction of sp³-hybridized carbons (Fsp3) is 0.222. The topological polar surface area (TPSA) is 99.9 Å². The number of carbonyl (C=O) groups is 2. The Morgan fingerprint density at radius 2 is 2.00 bits per heavy atom. The summed E-state index contributed by atoms with van der Waals surface area (Å²) in [6.07, 6.45) is 0. The minimum absolute atomic E-state index is 0.131. The molecule has 0 saturated heterocycles. The van der Waals surface area contributed by atoms with Crippen molar-refractivity contribution in [3.8, 4) is 17.2 Å². The number of benzene rings is 2. The number of nitrogens with one attached hydrogen (secondary N) is 1. The van der Waals surface area contributed by atoms with Crippen molar-refractivity contribution in [2.24, 2.45) is 5.73 Å². The van der Waals surface area contributed by atoms with Gasteiger partial charge in [-0.3, -0.25) is 9.59 Å². The molecule has 0 aromatic heterocycles. The van der Waals surface area contributed by atoms with Gasteiger partial charge in [-0.25, -0.2) is 0 Å². The van der Waals surface area contributed by atoms with Crippen molar-refractivity contribution < 1.29 is 23.8 Å². The number of amides is 2. The summed E-state index contributed by atoms with van der Waals surface area (Å²) in [5, 5.41) is 2.86. The normalized spacial score (nSPS) is 10.2. The second-order valence-corrected chi connectivity index (χ2v) is 6.63. The molecule has 3 N–H and O–H groups in total. The number of nitrogens with two attached hydrogens (primary N) is 1. The average molecular weight is 458 g/mol. The van der Waals surface area contributed by atoms with Crippen LogP contribution in [0.5, 0.6) is 17.2 Å². The number of hydrogen-bond acceptors (Lipinski definition) is 5. The van der Waals surface area contributed by atoms with Crippen LogP contribution in [0.15, 0.2) is 40.9 Å². The van der Waals surface area contributed by atoms with Crippen molar-refractivity contribution in [1.29, 1.82) is 0 Å². The molecule has 144 valence electrons. The third-order valence-electron chi connectivity index (χ3n) is 3.30. The van der Waals surface area contributed by atoms with Gasteiger partial charge in [-0.1, -0.05) is 33.6 Å². The molecule has 0 atom stereocenters. The predicted molar refractivity (Wildman–Crippen MR) is 105 cm³/mol. The molecule has 0 aliphatic rings. The first-order chi connectivity index (χ1) is 12.9. The summed E-state index contributed by atoms with van der Waals surface area (Å²) in [5.74, 6) is 0.0564. The minimum atomic E-state index is -0.652. The van der Waals surface area contributed by atoms with Gasteiger partial charge < -0.3 is 25.3 Å². The van der Waals surface area contributed by atoms with Crippen LogP contribution in [0.4, 0.5) is 0 Å². The van der Waals surface area contributed by atoms with Crippen LogP contribution < -0.4 is 25.3 Å². The number of halogens is 2. The molecule has 0 unspecified atom stereocenters. The molecule has 2 rings (SSSR count). The van der Waals surface area contributed by atoms with E-state index in [1.807, 2.05) is 24.3 Å². The van der Waals surface area contributed by atoms with Gasteiger partial charge in [-0.05, 0) is 30.3 Å². The Labute approximate surface area is 169 Å². The highest BCUT2D eigenvalue weighted by Gasteiger charge is 2.16. The van der Waals surface area contributed by atoms with Crippen LogP contribution in [-0.2, 0) is 4.79 Å². The van der Waals surface area contributed by atoms with E-state index in [2.05, 4.69) is 21.2 Å². The maximum Gasteiger partial charge on any atom is 0.255 e. The first-order valence-electron chi connectivity index (χ1n) is 7.86. The number of rotatable bonds is 9. The minimum Gasteiger partial charge on any atom is -0.493 e. The highest BCUT2D eigenvalue weighted by molar-refractivity contribution is 9.10. The molecule has 7 nitrogen and oxygen atoms in total. The molecule has 0 aliphatic carbocycles. The first-order valence-corrected chi connectivity index (χ1v) is 9.03. The third-order valence-corrected chi connectivity index (χ3v) is 4.08. The second-order valence-electron chi connectivity index (χ2n) is 5.31. The van der Waals surface area contributed by atoms with Crippen molar-refractivity contribution >= 4 is 39.3 Å². The van der Waals surface area contributed by atoms with Crippen molar-refractivity contribution in [2.75, 3.05) is 26.9 Å². The molecular weight excluding hydrogens is 440 g/mol. The van der Waals surface area contributed by atoms with E-state index in [9.17, 15) is 9.59 Å². The van der Waals surface area contributed by atoms with Gasteiger partial charge in [-0.2, -0.15) is 0 Å². The Kier molecular flexibility index (Phi) is 7.75. The first kappa shape index (κ1) is 20.9. The molecule has 27 heavy (non-hydrogen) atoms. The summed E-state index contributed by atoms with van der Waals surface area (Å²) >= 11 is 9.49. The molecule has 2 aromatic rings. The quantitative estimate of drug-likeness (QED) is 0.564. The van der Waals surface area contributed by atoms with Crippen LogP contribution in [0.1, 0.15) is 10.4 Å². The monoisotopic (exact) mass is 456 g/mol. The Bertz CT molecular complexity index is 831. The zero-order chi connectivity index (χ0) is 19.8. The Morgan fingerprint density at radius 3 is 2.67 bits per heavy atom. The van der Waals surface area contributed by atoms with Gasteiger partial charge in [0.05, 0.1) is 18.7 Å². The van der Waals surface area contributed by atoms with Crippen LogP contribution in [0.2, 0.25) is 5.02 Å². The number of ether oxygens (including phenoxy) is 3. The smallest absolute Gasteiger partial charge is 0.255 e. The molecule has 2 amide bonds. The SMILES string of the molecule is COc1cc(C(=O)NCCOc2cccc(Br)c2)cc(Cl)c1OCC(N)=O. The predicted octanol–water partition coefficient (Wildman–Crippen LogP) is 2.78. The van der Waals surface area contributed by atoms with E-state index >= 15 is 0 Å². The van der Waals surface area contributed by atoms with E-state index in [-0.39, 0.29) is 34.6 Å². The van der Waals surface area contributed by atoms with E-state index in [1.54, 1.807) is 0 Å². The lowest BCUT2D eigenvalue weighted by Crippen LogP contribution is -2.28. The molecule has 0 aliphatic heterocycles. The van der Waals surface area contributed by atoms with E-state index < -0.39 is 5.91 Å². The van der Waals surface area contributed by atoms with E-state index in [0.717, 1.165) is 4.47 Å². The molecule has 0 fully saturated rings. The van der Waals surface area contributed by atoms with Gasteiger partial charge in [0.2, 0.25) is 0 Å². The van der Waals surface area contributed by atoms with Crippen molar-refractivity contribution in [1.82, 2.24) is 5.32 Å². The summed E-state index contributed by atoms with van der Waals surface area (Å²) in [6, 6.07) is 10.3. The fourth-order valence-corrected chi connectivity index (χ4v) is 2.77. The standard InChI is InChI=1S/C18H18BrClN2O5/c1-25-15-8-11(7-14(20)17(15)27-10-16(21)23)18(24)22-5-6-26-13-4-2-3-12(19)9-13/h2-4,7-9H,5-6,10H2,1H3,(H2,21,23)(H,22,24). The summed E-state index contributed by atoms with van der Waals surface area (Å²) in [5.41, 5.74) is 5.33. The summed E-state index contributed by atoms with van der Waals surface area (Å²) < 4.78 is 16.9. The van der Waals surface area contributed by atoms with Gasteiger partial charge >= 0.3 is 0 Å². The number of methoxy groups -OCH3 is 1. The van der Waals surface area contributed by atoms with Crippen LogP contribution in [0.3, 0.4) is 0 Å². The van der Waals surface area contributed by atoms with Crippen molar-refractivity contribution in [3.63, 3.8) is 0 Å². The van der Waals surface area contributed by atoms with Crippen molar-refractivity contribution in [3.05, 3.63) is 51.5 Å². The zero-order valence-electron chi connectivity index (χ0n) is 14.5. The van der Waals surface area contributed by atoms with Crippen LogP contribution >= 0.6 is 27.5 Å². The lowest BCUT2D eigenvalue weighted by Gasteiger charge is -2.13. The van der Waals surface area contributed by atoms with Crippen LogP contribution in [-0.4, -0.2) is 38.7 Å². The maximum atomic E-state index is 12.3. The average Bonchev–Trinajstić information content (AvgIpc) is 2.63. The molecule has 0 heterocycles. The van der Waals surface area contributed by atoms with Gasteiger partial charge in [0, 0.05) is 10.0 Å². The number of carbonyl (C=O) groups excluding carboxylic acids is 2. The Hall–Kier alpha value is -2.45. The van der Waals surface area contributed by atoms with Crippen LogP contribution in [0.25, 0.3) is 0 Å². The largest absolute Gasteiger partial charge is 0.493 e. The molecular formula is C18H18BrClN2O5. The molecule has 0 saturated carbocycles. The maximum absolute atomic E-state index is 12.3. The zero-order valence-corrected chi connectivity index (χ0v) is 16.8. The third kappa shape index (κ3) is 6.33. The molecule has 0 bridgehead atoms. The Balaban J connectivity index is 1.95. The molecule has 0 radical (unpaired) electrons.